The van der Waals surface area contributed by atoms with Crippen LogP contribution in [0.1, 0.15) is 13.8 Å². The smallest absolute Gasteiger partial charge is 0.128 e. The van der Waals surface area contributed by atoms with Crippen molar-refractivity contribution in [3.05, 3.63) is 24.4 Å². The topological polar surface area (TPSA) is 36.4 Å². The molecule has 1 aromatic heterocycles. The average Bonchev–Trinajstić information content (AvgIpc) is 2.19. The Labute approximate surface area is 85.4 Å². The number of hydrogen-bond donors (Lipinski definition) is 1. The van der Waals surface area contributed by atoms with E-state index in [1.54, 1.807) is 6.20 Å². The fourth-order valence-corrected chi connectivity index (χ4v) is 1.51. The Balaban J connectivity index is 2.78. The van der Waals surface area contributed by atoms with Crippen LogP contribution in [0.5, 0.6) is 0 Å². The zero-order chi connectivity index (χ0) is 10.6. The third-order valence-electron chi connectivity index (χ3n) is 2.46. The van der Waals surface area contributed by atoms with E-state index in [1.807, 2.05) is 30.1 Å². The van der Waals surface area contributed by atoms with Gasteiger partial charge < -0.3 is 10.0 Å². The Bertz CT molecular complexity index is 261. The molecule has 0 amide bonds. The van der Waals surface area contributed by atoms with Crippen LogP contribution in [-0.4, -0.2) is 29.8 Å². The molecule has 78 valence electrons. The summed E-state index contributed by atoms with van der Waals surface area (Å²) in [5.74, 6) is 1.31. The van der Waals surface area contributed by atoms with Crippen LogP contribution in [0.3, 0.4) is 0 Å². The standard InChI is InChI=1S/C11H18N2O/c1-9(2)10(8-14)13(3)11-6-4-5-7-12-11/h4-7,9-10,14H,8H2,1-3H3. The van der Waals surface area contributed by atoms with Gasteiger partial charge in [0.05, 0.1) is 12.6 Å². The molecule has 1 aromatic rings. The Morgan fingerprint density at radius 1 is 1.43 bits per heavy atom. The van der Waals surface area contributed by atoms with E-state index in [2.05, 4.69) is 18.8 Å². The molecule has 0 aliphatic rings. The minimum absolute atomic E-state index is 0.130. The van der Waals surface area contributed by atoms with Crippen molar-refractivity contribution in [1.82, 2.24) is 4.98 Å². The summed E-state index contributed by atoms with van der Waals surface area (Å²) >= 11 is 0. The lowest BCUT2D eigenvalue weighted by molar-refractivity contribution is 0.234. The summed E-state index contributed by atoms with van der Waals surface area (Å²) in [5.41, 5.74) is 0. The normalized spacial score (nSPS) is 12.9. The number of likely N-dealkylation sites (N-methyl/N-ethyl adjacent to an activating group) is 1. The van der Waals surface area contributed by atoms with Gasteiger partial charge in [0, 0.05) is 13.2 Å². The molecule has 14 heavy (non-hydrogen) atoms. The molecule has 0 aliphatic carbocycles. The van der Waals surface area contributed by atoms with Gasteiger partial charge in [-0.25, -0.2) is 4.98 Å². The molecule has 0 saturated heterocycles. The summed E-state index contributed by atoms with van der Waals surface area (Å²) < 4.78 is 0. The summed E-state index contributed by atoms with van der Waals surface area (Å²) in [7, 11) is 1.96. The van der Waals surface area contributed by atoms with Gasteiger partial charge in [-0.05, 0) is 18.1 Å². The van der Waals surface area contributed by atoms with Crippen molar-refractivity contribution in [2.24, 2.45) is 5.92 Å². The van der Waals surface area contributed by atoms with Crippen LogP contribution in [0.2, 0.25) is 0 Å². The van der Waals surface area contributed by atoms with Crippen LogP contribution >= 0.6 is 0 Å². The lowest BCUT2D eigenvalue weighted by Crippen LogP contribution is -2.39. The van der Waals surface area contributed by atoms with E-state index in [4.69, 9.17) is 0 Å². The molecule has 3 heteroatoms. The van der Waals surface area contributed by atoms with Crippen molar-refractivity contribution < 1.29 is 5.11 Å². The molecule has 1 atom stereocenters. The highest BCUT2D eigenvalue weighted by Crippen LogP contribution is 2.15. The van der Waals surface area contributed by atoms with Crippen molar-refractivity contribution in [3.63, 3.8) is 0 Å². The molecule has 0 aliphatic heterocycles. The number of pyridine rings is 1. The molecule has 0 aromatic carbocycles. The molecular weight excluding hydrogens is 176 g/mol. The summed E-state index contributed by atoms with van der Waals surface area (Å²) in [4.78, 5) is 6.26. The molecule has 1 rings (SSSR count). The molecule has 0 bridgehead atoms. The lowest BCUT2D eigenvalue weighted by Gasteiger charge is -2.30. The number of aliphatic hydroxyl groups excluding tert-OH is 1. The van der Waals surface area contributed by atoms with Crippen LogP contribution < -0.4 is 4.90 Å². The number of anilines is 1. The van der Waals surface area contributed by atoms with Gasteiger partial charge >= 0.3 is 0 Å². The van der Waals surface area contributed by atoms with Gasteiger partial charge in [-0.15, -0.1) is 0 Å². The van der Waals surface area contributed by atoms with Gasteiger partial charge in [-0.1, -0.05) is 19.9 Å². The predicted octanol–water partition coefficient (Wildman–Crippen LogP) is 1.53. The van der Waals surface area contributed by atoms with Crippen molar-refractivity contribution in [2.75, 3.05) is 18.6 Å². The Morgan fingerprint density at radius 2 is 2.14 bits per heavy atom. The highest BCUT2D eigenvalue weighted by molar-refractivity contribution is 5.38. The molecule has 3 nitrogen and oxygen atoms in total. The van der Waals surface area contributed by atoms with E-state index in [1.165, 1.54) is 0 Å². The van der Waals surface area contributed by atoms with Crippen molar-refractivity contribution >= 4 is 5.82 Å². The van der Waals surface area contributed by atoms with Crippen molar-refractivity contribution in [2.45, 2.75) is 19.9 Å². The first-order valence-electron chi connectivity index (χ1n) is 4.91. The summed E-state index contributed by atoms with van der Waals surface area (Å²) in [5, 5.41) is 9.26. The predicted molar refractivity (Wildman–Crippen MR) is 58.4 cm³/mol. The molecule has 1 heterocycles. The van der Waals surface area contributed by atoms with E-state index in [0.717, 1.165) is 5.82 Å². The maximum Gasteiger partial charge on any atom is 0.128 e. The van der Waals surface area contributed by atoms with Crippen LogP contribution in [-0.2, 0) is 0 Å². The largest absolute Gasteiger partial charge is 0.394 e. The second-order valence-corrected chi connectivity index (χ2v) is 3.79. The lowest BCUT2D eigenvalue weighted by atomic mass is 10.0. The van der Waals surface area contributed by atoms with E-state index in [0.29, 0.717) is 5.92 Å². The van der Waals surface area contributed by atoms with Gasteiger partial charge in [-0.2, -0.15) is 0 Å². The first-order valence-corrected chi connectivity index (χ1v) is 4.91. The van der Waals surface area contributed by atoms with E-state index in [-0.39, 0.29) is 12.6 Å². The van der Waals surface area contributed by atoms with Crippen LogP contribution in [0.15, 0.2) is 24.4 Å². The van der Waals surface area contributed by atoms with E-state index >= 15 is 0 Å². The minimum atomic E-state index is 0.130. The molecular formula is C11H18N2O. The minimum Gasteiger partial charge on any atom is -0.394 e. The second-order valence-electron chi connectivity index (χ2n) is 3.79. The molecule has 0 radical (unpaired) electrons. The monoisotopic (exact) mass is 194 g/mol. The maximum atomic E-state index is 9.26. The molecule has 1 unspecified atom stereocenters. The number of hydrogen-bond acceptors (Lipinski definition) is 3. The Morgan fingerprint density at radius 3 is 2.57 bits per heavy atom. The second kappa shape index (κ2) is 4.96. The third-order valence-corrected chi connectivity index (χ3v) is 2.46. The number of rotatable bonds is 4. The SMILES string of the molecule is CC(C)C(CO)N(C)c1ccccn1. The van der Waals surface area contributed by atoms with Crippen LogP contribution in [0.25, 0.3) is 0 Å². The van der Waals surface area contributed by atoms with Gasteiger partial charge in [0.15, 0.2) is 0 Å². The van der Waals surface area contributed by atoms with E-state index < -0.39 is 0 Å². The molecule has 1 N–H and O–H groups in total. The van der Waals surface area contributed by atoms with Gasteiger partial charge in [0.25, 0.3) is 0 Å². The van der Waals surface area contributed by atoms with Crippen molar-refractivity contribution in [1.29, 1.82) is 0 Å². The molecule has 0 saturated carbocycles. The highest BCUT2D eigenvalue weighted by atomic mass is 16.3. The van der Waals surface area contributed by atoms with Crippen LogP contribution in [0.4, 0.5) is 5.82 Å². The van der Waals surface area contributed by atoms with E-state index in [9.17, 15) is 5.11 Å². The van der Waals surface area contributed by atoms with Gasteiger partial charge in [-0.3, -0.25) is 0 Å². The Hall–Kier alpha value is -1.09. The number of nitrogens with zero attached hydrogens (tertiary/aromatic N) is 2. The fourth-order valence-electron chi connectivity index (χ4n) is 1.51. The summed E-state index contributed by atoms with van der Waals surface area (Å²) in [6.45, 7) is 4.35. The first kappa shape index (κ1) is 11.0. The number of aliphatic hydroxyl groups is 1. The van der Waals surface area contributed by atoms with Gasteiger partial charge in [0.2, 0.25) is 0 Å². The zero-order valence-corrected chi connectivity index (χ0v) is 9.01. The third kappa shape index (κ3) is 2.45. The highest BCUT2D eigenvalue weighted by Gasteiger charge is 2.18. The quantitative estimate of drug-likeness (QED) is 0.789. The van der Waals surface area contributed by atoms with Crippen molar-refractivity contribution in [3.8, 4) is 0 Å². The first-order chi connectivity index (χ1) is 6.66. The molecule has 0 spiro atoms. The molecule has 0 fully saturated rings. The zero-order valence-electron chi connectivity index (χ0n) is 9.01. The van der Waals surface area contributed by atoms with Gasteiger partial charge in [0.1, 0.15) is 5.82 Å². The summed E-state index contributed by atoms with van der Waals surface area (Å²) in [6, 6.07) is 5.92. The summed E-state index contributed by atoms with van der Waals surface area (Å²) in [6.07, 6.45) is 1.76. The average molecular weight is 194 g/mol. The maximum absolute atomic E-state index is 9.26. The van der Waals surface area contributed by atoms with Crippen LogP contribution in [0, 0.1) is 5.92 Å². The number of aromatic nitrogens is 1. The Kier molecular flexibility index (Phi) is 3.89. The fraction of sp³-hybridized carbons (Fsp3) is 0.545.